The van der Waals surface area contributed by atoms with E-state index in [0.717, 1.165) is 29.8 Å². The van der Waals surface area contributed by atoms with Crippen molar-refractivity contribution in [1.29, 1.82) is 0 Å². The van der Waals surface area contributed by atoms with Gasteiger partial charge in [0.2, 0.25) is 5.91 Å². The van der Waals surface area contributed by atoms with Crippen LogP contribution in [0.4, 0.5) is 0 Å². The Morgan fingerprint density at radius 2 is 1.94 bits per heavy atom. The standard InChI is InChI=1S/C13H18ClNO/c1-2-3-4-5-13(16)15-10-11-6-8-12(14)9-7-11/h6-9H,2-5,10H2,1H3,(H,15,16). The van der Waals surface area contributed by atoms with Gasteiger partial charge in [0.05, 0.1) is 0 Å². The lowest BCUT2D eigenvalue weighted by atomic mass is 10.2. The Labute approximate surface area is 102 Å². The van der Waals surface area contributed by atoms with E-state index in [1.807, 2.05) is 24.3 Å². The van der Waals surface area contributed by atoms with Crippen LogP contribution >= 0.6 is 11.6 Å². The number of halogens is 1. The van der Waals surface area contributed by atoms with Crippen molar-refractivity contribution in [3.05, 3.63) is 34.9 Å². The summed E-state index contributed by atoms with van der Waals surface area (Å²) < 4.78 is 0. The first-order valence-corrected chi connectivity index (χ1v) is 6.11. The summed E-state index contributed by atoms with van der Waals surface area (Å²) in [4.78, 5) is 11.4. The maximum atomic E-state index is 11.4. The Kier molecular flexibility index (Phi) is 5.94. The lowest BCUT2D eigenvalue weighted by Gasteiger charge is -2.05. The second-order valence-corrected chi connectivity index (χ2v) is 4.30. The predicted molar refractivity (Wildman–Crippen MR) is 67.4 cm³/mol. The Morgan fingerprint density at radius 3 is 2.56 bits per heavy atom. The van der Waals surface area contributed by atoms with E-state index < -0.39 is 0 Å². The van der Waals surface area contributed by atoms with Crippen LogP contribution in [0, 0.1) is 0 Å². The smallest absolute Gasteiger partial charge is 0.220 e. The fourth-order valence-corrected chi connectivity index (χ4v) is 1.55. The van der Waals surface area contributed by atoms with Gasteiger partial charge >= 0.3 is 0 Å². The highest BCUT2D eigenvalue weighted by Crippen LogP contribution is 2.09. The molecule has 0 aliphatic rings. The van der Waals surface area contributed by atoms with Gasteiger partial charge in [0.15, 0.2) is 0 Å². The molecule has 0 unspecified atom stereocenters. The van der Waals surface area contributed by atoms with E-state index in [2.05, 4.69) is 12.2 Å². The minimum absolute atomic E-state index is 0.128. The lowest BCUT2D eigenvalue weighted by molar-refractivity contribution is -0.121. The molecular formula is C13H18ClNO. The van der Waals surface area contributed by atoms with Crippen molar-refractivity contribution >= 4 is 17.5 Å². The Hall–Kier alpha value is -1.02. The number of nitrogens with one attached hydrogen (secondary N) is 1. The summed E-state index contributed by atoms with van der Waals surface area (Å²) in [5.74, 6) is 0.128. The maximum absolute atomic E-state index is 11.4. The summed E-state index contributed by atoms with van der Waals surface area (Å²) in [5, 5.41) is 3.62. The number of unbranched alkanes of at least 4 members (excludes halogenated alkanes) is 2. The Balaban J connectivity index is 2.23. The summed E-state index contributed by atoms with van der Waals surface area (Å²) >= 11 is 5.77. The predicted octanol–water partition coefficient (Wildman–Crippen LogP) is 3.54. The van der Waals surface area contributed by atoms with Crippen molar-refractivity contribution in [2.24, 2.45) is 0 Å². The highest BCUT2D eigenvalue weighted by atomic mass is 35.5. The summed E-state index contributed by atoms with van der Waals surface area (Å²) in [6.45, 7) is 2.72. The molecule has 0 bridgehead atoms. The molecule has 1 amide bonds. The van der Waals surface area contributed by atoms with Gasteiger partial charge in [0.1, 0.15) is 0 Å². The molecule has 0 spiro atoms. The van der Waals surface area contributed by atoms with Crippen LogP contribution in [0.15, 0.2) is 24.3 Å². The number of hydrogen-bond donors (Lipinski definition) is 1. The van der Waals surface area contributed by atoms with Gasteiger partial charge in [-0.2, -0.15) is 0 Å². The molecule has 0 heterocycles. The monoisotopic (exact) mass is 239 g/mol. The first-order valence-electron chi connectivity index (χ1n) is 5.73. The van der Waals surface area contributed by atoms with Gasteiger partial charge in [0.25, 0.3) is 0 Å². The molecule has 3 heteroatoms. The second-order valence-electron chi connectivity index (χ2n) is 3.86. The van der Waals surface area contributed by atoms with Gasteiger partial charge in [-0.3, -0.25) is 4.79 Å². The van der Waals surface area contributed by atoms with Crippen molar-refractivity contribution in [3.8, 4) is 0 Å². The van der Waals surface area contributed by atoms with Crippen molar-refractivity contribution < 1.29 is 4.79 Å². The van der Waals surface area contributed by atoms with E-state index in [0.29, 0.717) is 13.0 Å². The van der Waals surface area contributed by atoms with Crippen LogP contribution < -0.4 is 5.32 Å². The van der Waals surface area contributed by atoms with Crippen molar-refractivity contribution in [1.82, 2.24) is 5.32 Å². The van der Waals surface area contributed by atoms with Crippen LogP contribution in [-0.4, -0.2) is 5.91 Å². The van der Waals surface area contributed by atoms with Gasteiger partial charge in [-0.05, 0) is 24.1 Å². The molecule has 88 valence electrons. The Bertz CT molecular complexity index is 321. The van der Waals surface area contributed by atoms with Gasteiger partial charge in [-0.25, -0.2) is 0 Å². The SMILES string of the molecule is CCCCCC(=O)NCc1ccc(Cl)cc1. The first-order chi connectivity index (χ1) is 7.72. The normalized spacial score (nSPS) is 10.1. The zero-order valence-corrected chi connectivity index (χ0v) is 10.4. The van der Waals surface area contributed by atoms with E-state index in [-0.39, 0.29) is 5.91 Å². The molecule has 1 aromatic carbocycles. The highest BCUT2D eigenvalue weighted by molar-refractivity contribution is 6.30. The van der Waals surface area contributed by atoms with E-state index in [1.54, 1.807) is 0 Å². The fourth-order valence-electron chi connectivity index (χ4n) is 1.43. The van der Waals surface area contributed by atoms with Gasteiger partial charge in [0, 0.05) is 18.0 Å². The van der Waals surface area contributed by atoms with Crippen LogP contribution in [0.3, 0.4) is 0 Å². The Morgan fingerprint density at radius 1 is 1.25 bits per heavy atom. The summed E-state index contributed by atoms with van der Waals surface area (Å²) in [7, 11) is 0. The molecule has 16 heavy (non-hydrogen) atoms. The van der Waals surface area contributed by atoms with Crippen molar-refractivity contribution in [2.45, 2.75) is 39.2 Å². The van der Waals surface area contributed by atoms with E-state index in [4.69, 9.17) is 11.6 Å². The average Bonchev–Trinajstić information content (AvgIpc) is 2.29. The van der Waals surface area contributed by atoms with Gasteiger partial charge < -0.3 is 5.32 Å². The molecule has 0 aromatic heterocycles. The van der Waals surface area contributed by atoms with Crippen LogP contribution in [0.25, 0.3) is 0 Å². The maximum Gasteiger partial charge on any atom is 0.220 e. The molecule has 0 radical (unpaired) electrons. The molecule has 1 N–H and O–H groups in total. The van der Waals surface area contributed by atoms with Crippen LogP contribution in [-0.2, 0) is 11.3 Å². The quantitative estimate of drug-likeness (QED) is 0.756. The first kappa shape index (κ1) is 13.0. The third kappa shape index (κ3) is 5.17. The van der Waals surface area contributed by atoms with Gasteiger partial charge in [-0.15, -0.1) is 0 Å². The zero-order chi connectivity index (χ0) is 11.8. The second kappa shape index (κ2) is 7.29. The minimum atomic E-state index is 0.128. The fraction of sp³-hybridized carbons (Fsp3) is 0.462. The summed E-state index contributed by atoms with van der Waals surface area (Å²) in [5.41, 5.74) is 1.08. The zero-order valence-electron chi connectivity index (χ0n) is 9.63. The topological polar surface area (TPSA) is 29.1 Å². The number of amides is 1. The van der Waals surface area contributed by atoms with E-state index >= 15 is 0 Å². The number of rotatable bonds is 6. The lowest BCUT2D eigenvalue weighted by Crippen LogP contribution is -2.22. The minimum Gasteiger partial charge on any atom is -0.352 e. The number of benzene rings is 1. The van der Waals surface area contributed by atoms with Crippen molar-refractivity contribution in [3.63, 3.8) is 0 Å². The van der Waals surface area contributed by atoms with Crippen LogP contribution in [0.1, 0.15) is 38.2 Å². The molecule has 0 saturated carbocycles. The van der Waals surface area contributed by atoms with E-state index in [9.17, 15) is 4.79 Å². The summed E-state index contributed by atoms with van der Waals surface area (Å²) in [6.07, 6.45) is 3.86. The number of carbonyl (C=O) groups excluding carboxylic acids is 1. The molecule has 1 aromatic rings. The van der Waals surface area contributed by atoms with Crippen molar-refractivity contribution in [2.75, 3.05) is 0 Å². The van der Waals surface area contributed by atoms with Crippen LogP contribution in [0.2, 0.25) is 5.02 Å². The third-order valence-corrected chi connectivity index (χ3v) is 2.66. The van der Waals surface area contributed by atoms with E-state index in [1.165, 1.54) is 0 Å². The molecule has 0 aliphatic heterocycles. The molecule has 2 nitrogen and oxygen atoms in total. The highest BCUT2D eigenvalue weighted by Gasteiger charge is 2.00. The molecule has 1 rings (SSSR count). The molecular weight excluding hydrogens is 222 g/mol. The number of carbonyl (C=O) groups is 1. The van der Waals surface area contributed by atoms with Gasteiger partial charge in [-0.1, -0.05) is 43.5 Å². The summed E-state index contributed by atoms with van der Waals surface area (Å²) in [6, 6.07) is 7.52. The largest absolute Gasteiger partial charge is 0.352 e. The molecule has 0 fully saturated rings. The molecule has 0 saturated heterocycles. The van der Waals surface area contributed by atoms with Crippen LogP contribution in [0.5, 0.6) is 0 Å². The third-order valence-electron chi connectivity index (χ3n) is 2.41. The molecule has 0 atom stereocenters. The number of hydrogen-bond acceptors (Lipinski definition) is 1. The molecule has 0 aliphatic carbocycles. The average molecular weight is 240 g/mol.